The largest absolute Gasteiger partial charge is 0.457 e. The molecule has 0 bridgehead atoms. The lowest BCUT2D eigenvalue weighted by Crippen LogP contribution is -2.35. The molecule has 0 radical (unpaired) electrons. The van der Waals surface area contributed by atoms with Crippen LogP contribution in [0.25, 0.3) is 0 Å². The van der Waals surface area contributed by atoms with Gasteiger partial charge in [-0.1, -0.05) is 36.4 Å². The second-order valence-corrected chi connectivity index (χ2v) is 6.61. The molecule has 31 heavy (non-hydrogen) atoms. The van der Waals surface area contributed by atoms with Crippen LogP contribution in [-0.4, -0.2) is 30.4 Å². The smallest absolute Gasteiger partial charge is 0.326 e. The van der Waals surface area contributed by atoms with Gasteiger partial charge in [0.25, 0.3) is 11.8 Å². The number of esters is 1. The Bertz CT molecular complexity index is 1020. The molecule has 3 rings (SSSR count). The van der Waals surface area contributed by atoms with Gasteiger partial charge in [0, 0.05) is 11.3 Å². The fourth-order valence-corrected chi connectivity index (χ4v) is 2.61. The predicted octanol–water partition coefficient (Wildman–Crippen LogP) is 3.78. The van der Waals surface area contributed by atoms with Gasteiger partial charge in [-0.2, -0.15) is 0 Å². The number of hydrogen-bond donors (Lipinski definition) is 2. The molecule has 1 atom stereocenters. The van der Waals surface area contributed by atoms with Crippen LogP contribution in [0.1, 0.15) is 17.3 Å². The lowest BCUT2D eigenvalue weighted by molar-refractivity contribution is -0.152. The van der Waals surface area contributed by atoms with Crippen molar-refractivity contribution in [3.63, 3.8) is 0 Å². The lowest BCUT2D eigenvalue weighted by atomic mass is 10.2. The number of ether oxygens (including phenoxy) is 2. The number of para-hydroxylation sites is 1. The third-order valence-electron chi connectivity index (χ3n) is 4.21. The van der Waals surface area contributed by atoms with Gasteiger partial charge in [-0.15, -0.1) is 0 Å². The maximum Gasteiger partial charge on any atom is 0.326 e. The van der Waals surface area contributed by atoms with Gasteiger partial charge in [-0.25, -0.2) is 0 Å². The van der Waals surface area contributed by atoms with Crippen LogP contribution in [0.3, 0.4) is 0 Å². The van der Waals surface area contributed by atoms with Crippen molar-refractivity contribution in [3.8, 4) is 11.5 Å². The summed E-state index contributed by atoms with van der Waals surface area (Å²) in [7, 11) is 0. The van der Waals surface area contributed by atoms with E-state index in [0.717, 1.165) is 0 Å². The van der Waals surface area contributed by atoms with Crippen LogP contribution in [0.4, 0.5) is 5.69 Å². The van der Waals surface area contributed by atoms with Gasteiger partial charge in [0.2, 0.25) is 0 Å². The maximum absolute atomic E-state index is 12.3. The van der Waals surface area contributed by atoms with Gasteiger partial charge in [-0.05, 0) is 55.5 Å². The molecule has 3 aromatic carbocycles. The fourth-order valence-electron chi connectivity index (χ4n) is 2.61. The average molecular weight is 418 g/mol. The molecule has 7 heteroatoms. The zero-order chi connectivity index (χ0) is 22.1. The van der Waals surface area contributed by atoms with Crippen LogP contribution in [0.5, 0.6) is 11.5 Å². The van der Waals surface area contributed by atoms with E-state index in [0.29, 0.717) is 22.7 Å². The number of rotatable bonds is 8. The molecule has 158 valence electrons. The Kier molecular flexibility index (Phi) is 7.37. The summed E-state index contributed by atoms with van der Waals surface area (Å²) in [6.07, 6.45) is -1.03. The van der Waals surface area contributed by atoms with Gasteiger partial charge in [-0.3, -0.25) is 14.4 Å². The molecule has 2 N–H and O–H groups in total. The van der Waals surface area contributed by atoms with Crippen LogP contribution in [0.15, 0.2) is 84.9 Å². The summed E-state index contributed by atoms with van der Waals surface area (Å²) >= 11 is 0. The van der Waals surface area contributed by atoms with Crippen LogP contribution in [-0.2, 0) is 14.3 Å². The molecule has 1 unspecified atom stereocenters. The Morgan fingerprint density at radius 3 is 2.03 bits per heavy atom. The molecule has 0 saturated heterocycles. The first-order chi connectivity index (χ1) is 15.0. The highest BCUT2D eigenvalue weighted by atomic mass is 16.5. The number of anilines is 1. The summed E-state index contributed by atoms with van der Waals surface area (Å²) in [4.78, 5) is 36.2. The summed E-state index contributed by atoms with van der Waals surface area (Å²) < 4.78 is 10.8. The molecule has 0 aliphatic heterocycles. The lowest BCUT2D eigenvalue weighted by Gasteiger charge is -2.14. The van der Waals surface area contributed by atoms with E-state index in [4.69, 9.17) is 9.47 Å². The molecule has 0 heterocycles. The molecule has 2 amide bonds. The van der Waals surface area contributed by atoms with Crippen LogP contribution < -0.4 is 15.4 Å². The molecule has 0 spiro atoms. The topological polar surface area (TPSA) is 93.7 Å². The van der Waals surface area contributed by atoms with Crippen molar-refractivity contribution in [3.05, 3.63) is 90.5 Å². The third kappa shape index (κ3) is 6.71. The summed E-state index contributed by atoms with van der Waals surface area (Å²) in [6, 6.07) is 24.6. The highest BCUT2D eigenvalue weighted by molar-refractivity contribution is 5.97. The monoisotopic (exact) mass is 418 g/mol. The molecular formula is C24H22N2O5. The van der Waals surface area contributed by atoms with Gasteiger partial charge in [0.05, 0.1) is 0 Å². The van der Waals surface area contributed by atoms with Crippen molar-refractivity contribution < 1.29 is 23.9 Å². The van der Waals surface area contributed by atoms with Crippen molar-refractivity contribution in [1.82, 2.24) is 5.32 Å². The van der Waals surface area contributed by atoms with Crippen molar-refractivity contribution in [2.75, 3.05) is 11.9 Å². The number of carbonyl (C=O) groups is 3. The highest BCUT2D eigenvalue weighted by Gasteiger charge is 2.18. The van der Waals surface area contributed by atoms with Crippen molar-refractivity contribution in [2.45, 2.75) is 13.0 Å². The summed E-state index contributed by atoms with van der Waals surface area (Å²) in [6.45, 7) is 1.12. The van der Waals surface area contributed by atoms with Crippen molar-refractivity contribution in [1.29, 1.82) is 0 Å². The summed E-state index contributed by atoms with van der Waals surface area (Å²) in [5, 5.41) is 5.13. The molecular weight excluding hydrogens is 396 g/mol. The number of amides is 2. The first-order valence-electron chi connectivity index (χ1n) is 9.68. The van der Waals surface area contributed by atoms with Gasteiger partial charge in [0.1, 0.15) is 18.0 Å². The Morgan fingerprint density at radius 1 is 0.806 bits per heavy atom. The van der Waals surface area contributed by atoms with Crippen LogP contribution >= 0.6 is 0 Å². The number of nitrogens with one attached hydrogen (secondary N) is 2. The van der Waals surface area contributed by atoms with Crippen molar-refractivity contribution >= 4 is 23.5 Å². The maximum atomic E-state index is 12.3. The van der Waals surface area contributed by atoms with Gasteiger partial charge >= 0.3 is 5.97 Å². The Morgan fingerprint density at radius 2 is 1.39 bits per heavy atom. The minimum Gasteiger partial charge on any atom is -0.457 e. The quantitative estimate of drug-likeness (QED) is 0.543. The van der Waals surface area contributed by atoms with E-state index in [1.807, 2.05) is 30.3 Å². The molecule has 0 saturated carbocycles. The second kappa shape index (κ2) is 10.6. The zero-order valence-corrected chi connectivity index (χ0v) is 16.9. The Labute approximate surface area is 180 Å². The molecule has 0 aliphatic carbocycles. The number of benzene rings is 3. The van der Waals surface area contributed by atoms with Crippen LogP contribution in [0, 0.1) is 0 Å². The summed E-state index contributed by atoms with van der Waals surface area (Å²) in [5.41, 5.74) is 0.964. The van der Waals surface area contributed by atoms with Gasteiger partial charge < -0.3 is 20.1 Å². The van der Waals surface area contributed by atoms with Crippen LogP contribution in [0.2, 0.25) is 0 Å². The normalized spacial score (nSPS) is 11.1. The molecule has 0 fully saturated rings. The molecule has 0 aromatic heterocycles. The standard InChI is InChI=1S/C24H22N2O5/c1-17(30-22(27)16-25-24(29)18-8-4-2-5-9-18)23(28)26-19-12-14-21(15-13-19)31-20-10-6-3-7-11-20/h2-15,17H,16H2,1H3,(H,25,29)(H,26,28). The molecule has 0 aliphatic rings. The second-order valence-electron chi connectivity index (χ2n) is 6.61. The van der Waals surface area contributed by atoms with Crippen molar-refractivity contribution in [2.24, 2.45) is 0 Å². The predicted molar refractivity (Wildman–Crippen MR) is 116 cm³/mol. The minimum absolute atomic E-state index is 0.336. The van der Waals surface area contributed by atoms with E-state index in [1.54, 1.807) is 54.6 Å². The SMILES string of the molecule is CC(OC(=O)CNC(=O)c1ccccc1)C(=O)Nc1ccc(Oc2ccccc2)cc1. The Balaban J connectivity index is 1.44. The van der Waals surface area contributed by atoms with E-state index < -0.39 is 23.9 Å². The Hall–Kier alpha value is -4.13. The van der Waals surface area contributed by atoms with E-state index in [1.165, 1.54) is 6.92 Å². The first kappa shape index (κ1) is 21.6. The minimum atomic E-state index is -1.03. The average Bonchev–Trinajstić information content (AvgIpc) is 2.80. The first-order valence-corrected chi connectivity index (χ1v) is 9.68. The number of hydrogen-bond acceptors (Lipinski definition) is 5. The zero-order valence-electron chi connectivity index (χ0n) is 16.9. The van der Waals surface area contributed by atoms with E-state index in [2.05, 4.69) is 10.6 Å². The van der Waals surface area contributed by atoms with Gasteiger partial charge in [0.15, 0.2) is 6.10 Å². The fraction of sp³-hybridized carbons (Fsp3) is 0.125. The summed E-state index contributed by atoms with van der Waals surface area (Å²) in [5.74, 6) is -0.262. The highest BCUT2D eigenvalue weighted by Crippen LogP contribution is 2.22. The molecule has 7 nitrogen and oxygen atoms in total. The van der Waals surface area contributed by atoms with E-state index >= 15 is 0 Å². The molecule has 3 aromatic rings. The van der Waals surface area contributed by atoms with E-state index in [-0.39, 0.29) is 6.54 Å². The van der Waals surface area contributed by atoms with E-state index in [9.17, 15) is 14.4 Å². The number of carbonyl (C=O) groups excluding carboxylic acids is 3. The third-order valence-corrected chi connectivity index (χ3v) is 4.21.